The van der Waals surface area contributed by atoms with Crippen molar-refractivity contribution in [2.45, 2.75) is 51.5 Å². The quantitative estimate of drug-likeness (QED) is 0.707. The Kier molecular flexibility index (Phi) is 4.14. The highest BCUT2D eigenvalue weighted by molar-refractivity contribution is 5.78. The Morgan fingerprint density at radius 2 is 2.07 bits per heavy atom. The van der Waals surface area contributed by atoms with E-state index in [-0.39, 0.29) is 0 Å². The summed E-state index contributed by atoms with van der Waals surface area (Å²) in [5, 5.41) is 12.3. The van der Waals surface area contributed by atoms with Gasteiger partial charge in [0.1, 0.15) is 5.54 Å². The smallest absolute Gasteiger partial charge is 0.323 e. The van der Waals surface area contributed by atoms with Crippen LogP contribution in [0.25, 0.3) is 0 Å². The van der Waals surface area contributed by atoms with E-state index in [1.54, 1.807) is 7.05 Å². The number of aliphatic carboxylic acids is 1. The Bertz CT molecular complexity index is 228. The van der Waals surface area contributed by atoms with Crippen LogP contribution >= 0.6 is 0 Å². The number of carbonyl (C=O) groups is 1. The number of hydrogen-bond acceptors (Lipinski definition) is 2. The summed E-state index contributed by atoms with van der Waals surface area (Å²) in [6.07, 6.45) is 4.76. The van der Waals surface area contributed by atoms with E-state index in [4.69, 9.17) is 0 Å². The van der Waals surface area contributed by atoms with E-state index in [0.29, 0.717) is 11.8 Å². The minimum Gasteiger partial charge on any atom is -0.480 e. The third-order valence-corrected chi connectivity index (χ3v) is 3.95. The lowest BCUT2D eigenvalue weighted by Crippen LogP contribution is -2.49. The molecule has 0 heterocycles. The van der Waals surface area contributed by atoms with E-state index in [9.17, 15) is 9.90 Å². The van der Waals surface area contributed by atoms with Crippen LogP contribution in [0.2, 0.25) is 0 Å². The molecule has 1 aliphatic carbocycles. The van der Waals surface area contributed by atoms with Crippen LogP contribution in [0.3, 0.4) is 0 Å². The topological polar surface area (TPSA) is 49.3 Å². The lowest BCUT2D eigenvalue weighted by Gasteiger charge is -2.27. The van der Waals surface area contributed by atoms with Gasteiger partial charge in [-0.3, -0.25) is 4.79 Å². The van der Waals surface area contributed by atoms with Crippen LogP contribution in [-0.4, -0.2) is 23.7 Å². The van der Waals surface area contributed by atoms with E-state index in [1.807, 2.05) is 0 Å². The van der Waals surface area contributed by atoms with E-state index >= 15 is 0 Å². The zero-order chi connectivity index (χ0) is 11.5. The molecule has 88 valence electrons. The molecule has 15 heavy (non-hydrogen) atoms. The van der Waals surface area contributed by atoms with Crippen LogP contribution in [0.5, 0.6) is 0 Å². The maximum Gasteiger partial charge on any atom is 0.323 e. The molecule has 0 saturated heterocycles. The molecule has 0 radical (unpaired) electrons. The zero-order valence-electron chi connectivity index (χ0n) is 10.0. The fraction of sp³-hybridized carbons (Fsp3) is 0.917. The number of carboxylic acids is 1. The minimum absolute atomic E-state index is 0.663. The van der Waals surface area contributed by atoms with Gasteiger partial charge in [0.25, 0.3) is 0 Å². The van der Waals surface area contributed by atoms with Crippen molar-refractivity contribution in [3.05, 3.63) is 0 Å². The Morgan fingerprint density at radius 3 is 2.53 bits per heavy atom. The van der Waals surface area contributed by atoms with E-state index in [2.05, 4.69) is 19.2 Å². The van der Waals surface area contributed by atoms with Gasteiger partial charge >= 0.3 is 5.97 Å². The number of rotatable bonds is 3. The van der Waals surface area contributed by atoms with Crippen molar-refractivity contribution in [1.29, 1.82) is 0 Å². The molecule has 2 unspecified atom stereocenters. The molecule has 0 aliphatic heterocycles. The van der Waals surface area contributed by atoms with Crippen molar-refractivity contribution in [3.63, 3.8) is 0 Å². The molecule has 1 rings (SSSR count). The average molecular weight is 213 g/mol. The summed E-state index contributed by atoms with van der Waals surface area (Å²) in [6.45, 7) is 4.47. The maximum atomic E-state index is 11.3. The second-order valence-electron chi connectivity index (χ2n) is 5.07. The van der Waals surface area contributed by atoms with Crippen LogP contribution in [-0.2, 0) is 4.79 Å². The van der Waals surface area contributed by atoms with Gasteiger partial charge in [-0.05, 0) is 38.1 Å². The van der Waals surface area contributed by atoms with Gasteiger partial charge < -0.3 is 10.4 Å². The van der Waals surface area contributed by atoms with Gasteiger partial charge in [-0.25, -0.2) is 0 Å². The summed E-state index contributed by atoms with van der Waals surface area (Å²) in [7, 11) is 1.77. The summed E-state index contributed by atoms with van der Waals surface area (Å²) >= 11 is 0. The van der Waals surface area contributed by atoms with Gasteiger partial charge in [-0.1, -0.05) is 26.7 Å². The predicted octanol–water partition coefficient (Wildman–Crippen LogP) is 2.27. The molecule has 0 spiro atoms. The average Bonchev–Trinajstić information content (AvgIpc) is 2.40. The van der Waals surface area contributed by atoms with E-state index < -0.39 is 11.5 Å². The summed E-state index contributed by atoms with van der Waals surface area (Å²) in [6, 6.07) is 0. The van der Waals surface area contributed by atoms with E-state index in [1.165, 1.54) is 6.42 Å². The standard InChI is InChI=1S/C12H23NO2/c1-9(2)10-5-4-7-12(13-3,8-6-10)11(14)15/h9-10,13H,4-8H2,1-3H3,(H,14,15). The lowest BCUT2D eigenvalue weighted by atomic mass is 9.86. The zero-order valence-corrected chi connectivity index (χ0v) is 10.0. The Balaban J connectivity index is 2.69. The minimum atomic E-state index is -0.686. The molecule has 2 N–H and O–H groups in total. The van der Waals surface area contributed by atoms with Crippen LogP contribution in [0.4, 0.5) is 0 Å². The second kappa shape index (κ2) is 4.97. The molecule has 0 amide bonds. The SMILES string of the molecule is CNC1(C(=O)O)CCCC(C(C)C)CC1. The molecule has 2 atom stereocenters. The van der Waals surface area contributed by atoms with Crippen molar-refractivity contribution in [3.8, 4) is 0 Å². The largest absolute Gasteiger partial charge is 0.480 e. The Hall–Kier alpha value is -0.570. The molecule has 0 aromatic rings. The first-order valence-electron chi connectivity index (χ1n) is 5.94. The highest BCUT2D eigenvalue weighted by atomic mass is 16.4. The molecule has 0 bridgehead atoms. The summed E-state index contributed by atoms with van der Waals surface area (Å²) in [5.74, 6) is 0.681. The molecule has 1 fully saturated rings. The number of hydrogen-bond donors (Lipinski definition) is 2. The third-order valence-electron chi connectivity index (χ3n) is 3.95. The fourth-order valence-corrected chi connectivity index (χ4v) is 2.60. The van der Waals surface area contributed by atoms with Gasteiger partial charge in [0.2, 0.25) is 0 Å². The molecule has 1 aliphatic rings. The van der Waals surface area contributed by atoms with Crippen molar-refractivity contribution < 1.29 is 9.90 Å². The normalized spacial score (nSPS) is 32.7. The van der Waals surface area contributed by atoms with Crippen molar-refractivity contribution in [1.82, 2.24) is 5.32 Å². The number of carboxylic acid groups (broad SMARTS) is 1. The highest BCUT2D eigenvalue weighted by Gasteiger charge is 2.38. The first kappa shape index (κ1) is 12.5. The van der Waals surface area contributed by atoms with Crippen molar-refractivity contribution >= 4 is 5.97 Å². The first-order valence-corrected chi connectivity index (χ1v) is 5.94. The van der Waals surface area contributed by atoms with Gasteiger partial charge in [-0.2, -0.15) is 0 Å². The van der Waals surface area contributed by atoms with Crippen LogP contribution in [0.15, 0.2) is 0 Å². The predicted molar refractivity (Wildman–Crippen MR) is 60.8 cm³/mol. The van der Waals surface area contributed by atoms with Gasteiger partial charge in [0.15, 0.2) is 0 Å². The van der Waals surface area contributed by atoms with Crippen LogP contribution < -0.4 is 5.32 Å². The Labute approximate surface area is 92.3 Å². The number of nitrogens with one attached hydrogen (secondary N) is 1. The Morgan fingerprint density at radius 1 is 1.40 bits per heavy atom. The molecule has 0 aromatic carbocycles. The van der Waals surface area contributed by atoms with Crippen molar-refractivity contribution in [2.75, 3.05) is 7.05 Å². The number of likely N-dealkylation sites (N-methyl/N-ethyl adjacent to an activating group) is 1. The lowest BCUT2D eigenvalue weighted by molar-refractivity contribution is -0.145. The van der Waals surface area contributed by atoms with Gasteiger partial charge in [0, 0.05) is 0 Å². The summed E-state index contributed by atoms with van der Waals surface area (Å²) in [4.78, 5) is 11.3. The third kappa shape index (κ3) is 2.71. The van der Waals surface area contributed by atoms with Gasteiger partial charge in [0.05, 0.1) is 0 Å². The van der Waals surface area contributed by atoms with E-state index in [0.717, 1.165) is 25.7 Å². The molecular weight excluding hydrogens is 190 g/mol. The molecule has 3 nitrogen and oxygen atoms in total. The monoisotopic (exact) mass is 213 g/mol. The summed E-state index contributed by atoms with van der Waals surface area (Å²) in [5.41, 5.74) is -0.663. The first-order chi connectivity index (χ1) is 7.02. The second-order valence-corrected chi connectivity index (χ2v) is 5.07. The molecule has 0 aromatic heterocycles. The molecule has 1 saturated carbocycles. The summed E-state index contributed by atoms with van der Waals surface area (Å²) < 4.78 is 0. The fourth-order valence-electron chi connectivity index (χ4n) is 2.60. The van der Waals surface area contributed by atoms with Crippen LogP contribution in [0, 0.1) is 11.8 Å². The van der Waals surface area contributed by atoms with Gasteiger partial charge in [-0.15, -0.1) is 0 Å². The highest BCUT2D eigenvalue weighted by Crippen LogP contribution is 2.33. The molecule has 3 heteroatoms. The molecular formula is C12H23NO2. The van der Waals surface area contributed by atoms with Crippen LogP contribution in [0.1, 0.15) is 46.0 Å². The maximum absolute atomic E-state index is 11.3. The van der Waals surface area contributed by atoms with Crippen molar-refractivity contribution in [2.24, 2.45) is 11.8 Å².